The number of alkyl halides is 3. The molecule has 1 saturated carbocycles. The number of aromatic nitrogens is 1. The van der Waals surface area contributed by atoms with Crippen molar-refractivity contribution < 1.29 is 41.0 Å². The number of hydrogen-bond acceptors (Lipinski definition) is 5. The highest BCUT2D eigenvalue weighted by Crippen LogP contribution is 2.31. The van der Waals surface area contributed by atoms with E-state index in [-0.39, 0.29) is 41.5 Å². The van der Waals surface area contributed by atoms with E-state index in [1.165, 1.54) is 30.5 Å². The van der Waals surface area contributed by atoms with Crippen molar-refractivity contribution in [3.8, 4) is 17.2 Å². The second kappa shape index (κ2) is 10.3. The van der Waals surface area contributed by atoms with Crippen molar-refractivity contribution in [2.24, 2.45) is 5.92 Å². The van der Waals surface area contributed by atoms with Crippen LogP contribution in [0.15, 0.2) is 54.7 Å². The van der Waals surface area contributed by atoms with Gasteiger partial charge in [0.15, 0.2) is 11.6 Å². The minimum atomic E-state index is -5.08. The van der Waals surface area contributed by atoms with E-state index >= 15 is 0 Å². The van der Waals surface area contributed by atoms with E-state index in [0.717, 1.165) is 37.1 Å². The van der Waals surface area contributed by atoms with E-state index in [4.69, 9.17) is 4.74 Å². The van der Waals surface area contributed by atoms with Gasteiger partial charge in [0.1, 0.15) is 28.9 Å². The van der Waals surface area contributed by atoms with E-state index < -0.39 is 29.5 Å². The van der Waals surface area contributed by atoms with Gasteiger partial charge in [-0.3, -0.25) is 9.59 Å². The summed E-state index contributed by atoms with van der Waals surface area (Å²) >= 11 is 0. The highest BCUT2D eigenvalue weighted by molar-refractivity contribution is 5.93. The van der Waals surface area contributed by atoms with E-state index in [0.29, 0.717) is 11.6 Å². The van der Waals surface area contributed by atoms with Gasteiger partial charge in [0.25, 0.3) is 0 Å². The molecule has 1 aliphatic carbocycles. The summed E-state index contributed by atoms with van der Waals surface area (Å²) < 4.78 is 74.6. The first-order valence-electron chi connectivity index (χ1n) is 10.8. The second-order valence-electron chi connectivity index (χ2n) is 8.20. The summed E-state index contributed by atoms with van der Waals surface area (Å²) in [6, 6.07) is 9.60. The Morgan fingerprint density at radius 2 is 1.69 bits per heavy atom. The van der Waals surface area contributed by atoms with Crippen LogP contribution < -0.4 is 14.8 Å². The molecule has 188 valence electrons. The Labute approximate surface area is 202 Å². The van der Waals surface area contributed by atoms with E-state index in [2.05, 4.69) is 15.0 Å². The van der Waals surface area contributed by atoms with Crippen molar-refractivity contribution >= 4 is 17.5 Å². The van der Waals surface area contributed by atoms with Crippen molar-refractivity contribution in [1.82, 2.24) is 4.98 Å². The van der Waals surface area contributed by atoms with Gasteiger partial charge in [-0.1, -0.05) is 12.1 Å². The first kappa shape index (κ1) is 25.1. The number of amides is 1. The van der Waals surface area contributed by atoms with Gasteiger partial charge in [-0.05, 0) is 48.2 Å². The molecule has 0 saturated heterocycles. The molecular weight excluding hydrogens is 487 g/mol. The Hall–Kier alpha value is -4.02. The number of nitrogens with one attached hydrogen (secondary N) is 1. The maximum atomic E-state index is 14.6. The fraction of sp³-hybridized carbons (Fsp3) is 0.240. The molecule has 0 unspecified atom stereocenters. The van der Waals surface area contributed by atoms with Crippen molar-refractivity contribution in [3.63, 3.8) is 0 Å². The Kier molecular flexibility index (Phi) is 7.18. The average Bonchev–Trinajstić information content (AvgIpc) is 3.63. The molecule has 36 heavy (non-hydrogen) atoms. The highest BCUT2D eigenvalue weighted by atomic mass is 19.4. The number of nitrogens with zero attached hydrogens (tertiary/aromatic N) is 1. The highest BCUT2D eigenvalue weighted by Gasteiger charge is 2.32. The van der Waals surface area contributed by atoms with Crippen LogP contribution in [0.3, 0.4) is 0 Å². The minimum absolute atomic E-state index is 0.000875. The number of ether oxygens (including phenoxy) is 2. The summed E-state index contributed by atoms with van der Waals surface area (Å²) in [7, 11) is 0. The van der Waals surface area contributed by atoms with E-state index in [1.54, 1.807) is 0 Å². The molecule has 1 fully saturated rings. The Morgan fingerprint density at radius 3 is 2.39 bits per heavy atom. The molecule has 0 atom stereocenters. The van der Waals surface area contributed by atoms with E-state index in [1.807, 2.05) is 0 Å². The predicted molar refractivity (Wildman–Crippen MR) is 118 cm³/mol. The largest absolute Gasteiger partial charge is 0.573 e. The Bertz CT molecular complexity index is 1290. The summed E-state index contributed by atoms with van der Waals surface area (Å²) in [5, 5.41) is 2.68. The first-order chi connectivity index (χ1) is 17.1. The summed E-state index contributed by atoms with van der Waals surface area (Å²) in [6.07, 6.45) is -2.66. The zero-order valence-electron chi connectivity index (χ0n) is 18.6. The van der Waals surface area contributed by atoms with Crippen LogP contribution in [0.25, 0.3) is 0 Å². The van der Waals surface area contributed by atoms with Crippen LogP contribution in [0.1, 0.15) is 24.0 Å². The quantitative estimate of drug-likeness (QED) is 0.374. The lowest BCUT2D eigenvalue weighted by Crippen LogP contribution is -2.18. The molecule has 1 aromatic heterocycles. The third-order valence-corrected chi connectivity index (χ3v) is 5.20. The van der Waals surface area contributed by atoms with Crippen molar-refractivity contribution in [2.45, 2.75) is 32.0 Å². The van der Waals surface area contributed by atoms with Crippen molar-refractivity contribution in [2.75, 3.05) is 5.32 Å². The smallest absolute Gasteiger partial charge is 0.457 e. The molecular formula is C25H19F5N2O4. The molecule has 0 spiro atoms. The predicted octanol–water partition coefficient (Wildman–Crippen LogP) is 5.75. The van der Waals surface area contributed by atoms with E-state index in [9.17, 15) is 31.5 Å². The van der Waals surface area contributed by atoms with Crippen LogP contribution >= 0.6 is 0 Å². The molecule has 1 aliphatic rings. The third-order valence-electron chi connectivity index (χ3n) is 5.20. The Balaban J connectivity index is 1.37. The monoisotopic (exact) mass is 506 g/mol. The van der Waals surface area contributed by atoms with Crippen molar-refractivity contribution in [1.29, 1.82) is 0 Å². The Morgan fingerprint density at radius 1 is 0.944 bits per heavy atom. The zero-order chi connectivity index (χ0) is 25.9. The van der Waals surface area contributed by atoms with Gasteiger partial charge in [-0.2, -0.15) is 0 Å². The van der Waals surface area contributed by atoms with Gasteiger partial charge in [-0.25, -0.2) is 13.8 Å². The second-order valence-corrected chi connectivity index (χ2v) is 8.20. The number of benzene rings is 2. The normalized spacial score (nSPS) is 13.2. The van der Waals surface area contributed by atoms with Crippen LogP contribution in [-0.2, 0) is 22.4 Å². The lowest BCUT2D eigenvalue weighted by molar-refractivity contribution is -0.275. The molecule has 11 heteroatoms. The number of pyridine rings is 1. The number of carbonyl (C=O) groups excluding carboxylic acids is 2. The van der Waals surface area contributed by atoms with Crippen LogP contribution in [0, 0.1) is 17.6 Å². The summed E-state index contributed by atoms with van der Waals surface area (Å²) in [5.41, 5.74) is 0.136. The summed E-state index contributed by atoms with van der Waals surface area (Å²) in [5.74, 6) is -2.87. The minimum Gasteiger partial charge on any atom is -0.457 e. The maximum absolute atomic E-state index is 14.6. The van der Waals surface area contributed by atoms with Crippen LogP contribution in [0.5, 0.6) is 17.2 Å². The lowest BCUT2D eigenvalue weighted by atomic mass is 10.0. The SMILES string of the molecule is O=C(Cc1ccc(F)c(OC(F)(F)F)c1)Cc1ccc(Oc2ccnc(NC(=O)C3CC3)c2)cc1F. The molecule has 2 aromatic carbocycles. The number of hydrogen-bond donors (Lipinski definition) is 1. The number of rotatable bonds is 9. The number of halogens is 5. The van der Waals surface area contributed by atoms with Crippen LogP contribution in [0.4, 0.5) is 27.8 Å². The van der Waals surface area contributed by atoms with Crippen LogP contribution in [-0.4, -0.2) is 23.0 Å². The average molecular weight is 506 g/mol. The van der Waals surface area contributed by atoms with Gasteiger partial charge in [0.05, 0.1) is 0 Å². The van der Waals surface area contributed by atoms with Crippen molar-refractivity contribution in [3.05, 3.63) is 77.5 Å². The lowest BCUT2D eigenvalue weighted by Gasteiger charge is -2.11. The van der Waals surface area contributed by atoms with Gasteiger partial charge in [-0.15, -0.1) is 13.2 Å². The first-order valence-corrected chi connectivity index (χ1v) is 10.8. The van der Waals surface area contributed by atoms with Gasteiger partial charge >= 0.3 is 6.36 Å². The van der Waals surface area contributed by atoms with Crippen LogP contribution in [0.2, 0.25) is 0 Å². The molecule has 4 rings (SSSR count). The molecule has 0 aliphatic heterocycles. The van der Waals surface area contributed by atoms with Gasteiger partial charge in [0, 0.05) is 37.1 Å². The third kappa shape index (κ3) is 7.00. The molecule has 1 amide bonds. The van der Waals surface area contributed by atoms with Gasteiger partial charge < -0.3 is 14.8 Å². The maximum Gasteiger partial charge on any atom is 0.573 e. The molecule has 0 bridgehead atoms. The molecule has 1 N–H and O–H groups in total. The van der Waals surface area contributed by atoms with Gasteiger partial charge in [0.2, 0.25) is 5.91 Å². The summed E-state index contributed by atoms with van der Waals surface area (Å²) in [4.78, 5) is 28.3. The number of Topliss-reactive ketones (excluding diaryl/α,β-unsaturated/α-hetero) is 1. The fourth-order valence-corrected chi connectivity index (χ4v) is 3.35. The molecule has 3 aromatic rings. The summed E-state index contributed by atoms with van der Waals surface area (Å²) in [6.45, 7) is 0. The zero-order valence-corrected chi connectivity index (χ0v) is 18.6. The topological polar surface area (TPSA) is 77.5 Å². The molecule has 6 nitrogen and oxygen atoms in total. The fourth-order valence-electron chi connectivity index (χ4n) is 3.35. The number of ketones is 1. The molecule has 0 radical (unpaired) electrons. The number of anilines is 1. The molecule has 1 heterocycles. The number of carbonyl (C=O) groups is 2. The standard InChI is InChI=1S/C25H19F5N2O4/c26-20-6-1-14(10-22(20)36-25(28,29)30)9-17(33)11-16-4-5-18(12-21(16)27)35-19-7-8-31-23(13-19)32-24(34)15-2-3-15/h1,4-8,10,12-13,15H,2-3,9,11H2,(H,31,32,34).